The van der Waals surface area contributed by atoms with Crippen LogP contribution in [0.3, 0.4) is 0 Å². The Bertz CT molecular complexity index is 970. The van der Waals surface area contributed by atoms with Gasteiger partial charge in [0.05, 0.1) is 25.4 Å². The van der Waals surface area contributed by atoms with Crippen LogP contribution >= 0.6 is 0 Å². The van der Waals surface area contributed by atoms with E-state index in [4.69, 9.17) is 4.74 Å². The Morgan fingerprint density at radius 2 is 0.723 bits per heavy atom. The summed E-state index contributed by atoms with van der Waals surface area (Å²) in [6, 6.07) is -0.562. The molecule has 0 aromatic rings. The zero-order valence-corrected chi connectivity index (χ0v) is 44.0. The van der Waals surface area contributed by atoms with Gasteiger partial charge in [0, 0.05) is 12.8 Å². The molecule has 0 bridgehead atoms. The fourth-order valence-corrected chi connectivity index (χ4v) is 9.28. The van der Waals surface area contributed by atoms with E-state index in [2.05, 4.69) is 31.3 Å². The van der Waals surface area contributed by atoms with Gasteiger partial charge in [0.1, 0.15) is 0 Å². The highest BCUT2D eigenvalue weighted by Crippen LogP contribution is 2.18. The second-order valence-electron chi connectivity index (χ2n) is 20.3. The van der Waals surface area contributed by atoms with Crippen molar-refractivity contribution >= 4 is 11.9 Å². The molecule has 0 aliphatic carbocycles. The Labute approximate surface area is 406 Å². The van der Waals surface area contributed by atoms with Gasteiger partial charge in [0.15, 0.2) is 0 Å². The molecule has 0 rings (SSSR count). The summed E-state index contributed by atoms with van der Waals surface area (Å²) in [6.45, 7) is 4.90. The van der Waals surface area contributed by atoms with Crippen molar-refractivity contribution < 1.29 is 24.5 Å². The molecule has 6 nitrogen and oxygen atoms in total. The summed E-state index contributed by atoms with van der Waals surface area (Å²) >= 11 is 0. The minimum atomic E-state index is -0.682. The number of aliphatic hydroxyl groups excluding tert-OH is 2. The SMILES string of the molecule is CCCCCCCCCCCCCCCCCCCCCCCCCC(O)C(CO)NC(=O)CCCCCCC/C=C\CCCCOC(=O)CCCCCCCCCCCCCCCC. The molecule has 2 unspecified atom stereocenters. The lowest BCUT2D eigenvalue weighted by atomic mass is 10.0. The number of carbonyl (C=O) groups is 2. The molecule has 0 aromatic heterocycles. The van der Waals surface area contributed by atoms with E-state index in [0.717, 1.165) is 77.0 Å². The summed E-state index contributed by atoms with van der Waals surface area (Å²) in [5, 5.41) is 23.3. The lowest BCUT2D eigenvalue weighted by Crippen LogP contribution is -2.45. The van der Waals surface area contributed by atoms with Crippen molar-refractivity contribution in [3.63, 3.8) is 0 Å². The topological polar surface area (TPSA) is 95.9 Å². The van der Waals surface area contributed by atoms with Crippen LogP contribution in [-0.2, 0) is 14.3 Å². The lowest BCUT2D eigenvalue weighted by molar-refractivity contribution is -0.143. The standard InChI is InChI=1S/C59H115NO5/c1-3-5-7-9-11-13-15-17-19-20-21-22-23-24-25-26-27-28-31-35-39-43-47-51-57(62)56(55-61)60-58(63)52-48-44-40-36-32-30-34-38-42-46-50-54-65-59(64)53-49-45-41-37-33-29-18-16-14-12-10-8-6-4-2/h34,38,56-57,61-62H,3-33,35-37,39-55H2,1-2H3,(H,60,63)/b38-34-. The molecule has 3 N–H and O–H groups in total. The van der Waals surface area contributed by atoms with Crippen molar-refractivity contribution in [2.45, 2.75) is 341 Å². The van der Waals surface area contributed by atoms with Crippen molar-refractivity contribution in [1.82, 2.24) is 5.32 Å². The number of aliphatic hydroxyl groups is 2. The molecular formula is C59H115NO5. The Morgan fingerprint density at radius 1 is 0.415 bits per heavy atom. The molecule has 0 spiro atoms. The van der Waals surface area contributed by atoms with Gasteiger partial charge in [0.25, 0.3) is 0 Å². The van der Waals surface area contributed by atoms with Gasteiger partial charge in [-0.2, -0.15) is 0 Å². The van der Waals surface area contributed by atoms with Crippen LogP contribution in [-0.4, -0.2) is 47.4 Å². The van der Waals surface area contributed by atoms with E-state index in [0.29, 0.717) is 25.9 Å². The second-order valence-corrected chi connectivity index (χ2v) is 20.3. The smallest absolute Gasteiger partial charge is 0.305 e. The Kier molecular flexibility index (Phi) is 54.0. The molecule has 386 valence electrons. The highest BCUT2D eigenvalue weighted by molar-refractivity contribution is 5.76. The van der Waals surface area contributed by atoms with E-state index in [1.165, 1.54) is 218 Å². The van der Waals surface area contributed by atoms with Gasteiger partial charge in [-0.25, -0.2) is 0 Å². The molecule has 0 heterocycles. The number of hydrogen-bond acceptors (Lipinski definition) is 5. The summed E-state index contributed by atoms with van der Waals surface area (Å²) in [5.74, 6) is -0.0878. The van der Waals surface area contributed by atoms with Crippen molar-refractivity contribution in [2.24, 2.45) is 0 Å². The maximum Gasteiger partial charge on any atom is 0.305 e. The maximum atomic E-state index is 12.5. The first kappa shape index (κ1) is 63.6. The zero-order chi connectivity index (χ0) is 47.2. The van der Waals surface area contributed by atoms with Crippen molar-refractivity contribution in [1.29, 1.82) is 0 Å². The van der Waals surface area contributed by atoms with Gasteiger partial charge in [-0.1, -0.05) is 276 Å². The van der Waals surface area contributed by atoms with Crippen LogP contribution in [0.1, 0.15) is 328 Å². The quantitative estimate of drug-likeness (QED) is 0.0321. The summed E-state index contributed by atoms with van der Waals surface area (Å²) in [5.41, 5.74) is 0. The molecule has 0 fully saturated rings. The number of ether oxygens (including phenoxy) is 1. The normalized spacial score (nSPS) is 12.6. The van der Waals surface area contributed by atoms with E-state index >= 15 is 0 Å². The molecule has 0 radical (unpaired) electrons. The predicted molar refractivity (Wildman–Crippen MR) is 283 cm³/mol. The Balaban J connectivity index is 3.48. The molecule has 0 saturated carbocycles. The molecule has 0 saturated heterocycles. The van der Waals surface area contributed by atoms with Crippen LogP contribution in [0.4, 0.5) is 0 Å². The maximum absolute atomic E-state index is 12.5. The monoisotopic (exact) mass is 918 g/mol. The third-order valence-electron chi connectivity index (χ3n) is 13.8. The van der Waals surface area contributed by atoms with E-state index in [1.54, 1.807) is 0 Å². The van der Waals surface area contributed by atoms with Gasteiger partial charge >= 0.3 is 5.97 Å². The minimum absolute atomic E-state index is 0.0278. The number of esters is 1. The van der Waals surface area contributed by atoms with Crippen LogP contribution in [0.15, 0.2) is 12.2 Å². The zero-order valence-electron chi connectivity index (χ0n) is 44.0. The number of hydrogen-bond donors (Lipinski definition) is 3. The molecular weight excluding hydrogens is 803 g/mol. The summed E-state index contributed by atoms with van der Waals surface area (Å²) in [4.78, 5) is 24.5. The van der Waals surface area contributed by atoms with E-state index < -0.39 is 12.1 Å². The third kappa shape index (κ3) is 51.8. The first-order valence-electron chi connectivity index (χ1n) is 29.4. The third-order valence-corrected chi connectivity index (χ3v) is 13.8. The highest BCUT2D eigenvalue weighted by Gasteiger charge is 2.20. The van der Waals surface area contributed by atoms with E-state index in [9.17, 15) is 19.8 Å². The van der Waals surface area contributed by atoms with Crippen LogP contribution in [0.25, 0.3) is 0 Å². The largest absolute Gasteiger partial charge is 0.466 e. The second kappa shape index (κ2) is 55.2. The molecule has 1 amide bonds. The van der Waals surface area contributed by atoms with Crippen molar-refractivity contribution in [3.05, 3.63) is 12.2 Å². The highest BCUT2D eigenvalue weighted by atomic mass is 16.5. The molecule has 0 aliphatic heterocycles. The number of carbonyl (C=O) groups excluding carboxylic acids is 2. The fourth-order valence-electron chi connectivity index (χ4n) is 9.28. The first-order chi connectivity index (χ1) is 32.0. The van der Waals surface area contributed by atoms with Crippen molar-refractivity contribution in [2.75, 3.05) is 13.2 Å². The number of unbranched alkanes of at least 4 members (excludes halogenated alkanes) is 42. The van der Waals surface area contributed by atoms with Crippen LogP contribution in [0.2, 0.25) is 0 Å². The van der Waals surface area contributed by atoms with Gasteiger partial charge in [0.2, 0.25) is 5.91 Å². The first-order valence-corrected chi connectivity index (χ1v) is 29.4. The van der Waals surface area contributed by atoms with Gasteiger partial charge in [-0.15, -0.1) is 0 Å². The number of rotatable bonds is 55. The van der Waals surface area contributed by atoms with E-state index in [1.807, 2.05) is 0 Å². The van der Waals surface area contributed by atoms with Gasteiger partial charge in [-0.3, -0.25) is 9.59 Å². The Morgan fingerprint density at radius 3 is 1.09 bits per heavy atom. The summed E-state index contributed by atoms with van der Waals surface area (Å²) < 4.78 is 5.44. The number of amides is 1. The lowest BCUT2D eigenvalue weighted by Gasteiger charge is -2.22. The Hall–Kier alpha value is -1.40. The predicted octanol–water partition coefficient (Wildman–Crippen LogP) is 18.1. The number of allylic oxidation sites excluding steroid dienone is 2. The van der Waals surface area contributed by atoms with E-state index in [-0.39, 0.29) is 18.5 Å². The van der Waals surface area contributed by atoms with Crippen LogP contribution in [0.5, 0.6) is 0 Å². The summed E-state index contributed by atoms with van der Waals surface area (Å²) in [7, 11) is 0. The molecule has 0 aromatic carbocycles. The minimum Gasteiger partial charge on any atom is -0.466 e. The molecule has 2 atom stereocenters. The van der Waals surface area contributed by atoms with Crippen molar-refractivity contribution in [3.8, 4) is 0 Å². The van der Waals surface area contributed by atoms with Crippen LogP contribution < -0.4 is 5.32 Å². The van der Waals surface area contributed by atoms with Crippen LogP contribution in [0, 0.1) is 0 Å². The van der Waals surface area contributed by atoms with Gasteiger partial charge in [-0.05, 0) is 51.4 Å². The molecule has 65 heavy (non-hydrogen) atoms. The summed E-state index contributed by atoms with van der Waals surface area (Å²) in [6.07, 6.45) is 64.9. The fraction of sp³-hybridized carbons (Fsp3) is 0.932. The number of nitrogens with one attached hydrogen (secondary N) is 1. The van der Waals surface area contributed by atoms with Gasteiger partial charge < -0.3 is 20.3 Å². The molecule has 6 heteroatoms. The molecule has 0 aliphatic rings. The average Bonchev–Trinajstić information content (AvgIpc) is 3.31. The average molecular weight is 919 g/mol.